The van der Waals surface area contributed by atoms with Gasteiger partial charge in [0.1, 0.15) is 5.82 Å². The summed E-state index contributed by atoms with van der Waals surface area (Å²) in [5.41, 5.74) is 2.26. The third kappa shape index (κ3) is 2.65. The first-order valence-corrected chi connectivity index (χ1v) is 6.48. The van der Waals surface area contributed by atoms with E-state index in [1.807, 2.05) is 22.6 Å². The van der Waals surface area contributed by atoms with Crippen LogP contribution in [0.4, 0.5) is 4.39 Å². The molecule has 0 unspecified atom stereocenters. The van der Waals surface area contributed by atoms with E-state index in [9.17, 15) is 9.18 Å². The molecule has 5 heteroatoms. The maximum Gasteiger partial charge on any atom is 0.169 e. The molecule has 0 aliphatic rings. The van der Waals surface area contributed by atoms with Crippen LogP contribution in [0.15, 0.2) is 29.9 Å². The van der Waals surface area contributed by atoms with Gasteiger partial charge in [0, 0.05) is 26.6 Å². The second kappa shape index (κ2) is 5.01. The molecule has 2 nitrogen and oxygen atoms in total. The second-order valence-electron chi connectivity index (χ2n) is 3.19. The number of aromatic nitrogens is 1. The highest BCUT2D eigenvalue weighted by Crippen LogP contribution is 2.17. The van der Waals surface area contributed by atoms with Gasteiger partial charge in [-0.3, -0.25) is 9.78 Å². The maximum atomic E-state index is 12.9. The molecule has 1 aromatic heterocycles. The molecule has 0 aliphatic carbocycles. The molecule has 0 fully saturated rings. The first-order valence-electron chi connectivity index (χ1n) is 4.52. The molecule has 0 saturated carbocycles. The molecule has 0 atom stereocenters. The van der Waals surface area contributed by atoms with Crippen molar-refractivity contribution in [1.82, 2.24) is 4.98 Å². The van der Waals surface area contributed by atoms with E-state index < -0.39 is 0 Å². The Labute approximate surface area is 110 Å². The SMILES string of the molecule is O=C(Cc1cncs1)c1ccc(F)cc1I. The summed E-state index contributed by atoms with van der Waals surface area (Å²) in [7, 11) is 0. The van der Waals surface area contributed by atoms with E-state index in [4.69, 9.17) is 0 Å². The molecule has 0 aliphatic heterocycles. The van der Waals surface area contributed by atoms with E-state index in [1.54, 1.807) is 11.7 Å². The number of hydrogen-bond acceptors (Lipinski definition) is 3. The van der Waals surface area contributed by atoms with Crippen LogP contribution in [0, 0.1) is 9.39 Å². The normalized spacial score (nSPS) is 10.4. The number of carbonyl (C=O) groups is 1. The fourth-order valence-electron chi connectivity index (χ4n) is 1.30. The Morgan fingerprint density at radius 3 is 2.94 bits per heavy atom. The molecule has 2 rings (SSSR count). The molecule has 0 bridgehead atoms. The van der Waals surface area contributed by atoms with Gasteiger partial charge in [-0.25, -0.2) is 4.39 Å². The van der Waals surface area contributed by atoms with E-state index in [1.165, 1.54) is 29.5 Å². The van der Waals surface area contributed by atoms with Crippen molar-refractivity contribution in [3.63, 3.8) is 0 Å². The summed E-state index contributed by atoms with van der Waals surface area (Å²) in [6.45, 7) is 0. The number of nitrogens with zero attached hydrogens (tertiary/aromatic N) is 1. The van der Waals surface area contributed by atoms with Crippen LogP contribution >= 0.6 is 33.9 Å². The average Bonchev–Trinajstić information content (AvgIpc) is 2.70. The van der Waals surface area contributed by atoms with Crippen molar-refractivity contribution in [1.29, 1.82) is 0 Å². The highest BCUT2D eigenvalue weighted by Gasteiger charge is 2.12. The summed E-state index contributed by atoms with van der Waals surface area (Å²) in [5, 5.41) is 0. The Hall–Kier alpha value is -0.820. The monoisotopic (exact) mass is 347 g/mol. The molecule has 1 heterocycles. The molecule has 0 radical (unpaired) electrons. The van der Waals surface area contributed by atoms with Crippen LogP contribution in [0.25, 0.3) is 0 Å². The lowest BCUT2D eigenvalue weighted by Crippen LogP contribution is -2.04. The maximum absolute atomic E-state index is 12.9. The number of rotatable bonds is 3. The van der Waals surface area contributed by atoms with E-state index in [-0.39, 0.29) is 11.6 Å². The van der Waals surface area contributed by atoms with Gasteiger partial charge in [-0.05, 0) is 40.8 Å². The van der Waals surface area contributed by atoms with Gasteiger partial charge in [0.2, 0.25) is 0 Å². The van der Waals surface area contributed by atoms with E-state index in [2.05, 4.69) is 4.98 Å². The van der Waals surface area contributed by atoms with Crippen LogP contribution in [0.5, 0.6) is 0 Å². The zero-order valence-corrected chi connectivity index (χ0v) is 11.1. The quantitative estimate of drug-likeness (QED) is 0.630. The summed E-state index contributed by atoms with van der Waals surface area (Å²) in [6, 6.07) is 4.20. The lowest BCUT2D eigenvalue weighted by Gasteiger charge is -2.02. The second-order valence-corrected chi connectivity index (χ2v) is 5.32. The van der Waals surface area contributed by atoms with Crippen LogP contribution in [0.3, 0.4) is 0 Å². The summed E-state index contributed by atoms with van der Waals surface area (Å²) in [5.74, 6) is -0.326. The molecule has 0 N–H and O–H groups in total. The van der Waals surface area contributed by atoms with Gasteiger partial charge in [-0.1, -0.05) is 0 Å². The Morgan fingerprint density at radius 2 is 2.31 bits per heavy atom. The highest BCUT2D eigenvalue weighted by atomic mass is 127. The predicted octanol–water partition coefficient (Wildman–Crippen LogP) is 3.31. The summed E-state index contributed by atoms with van der Waals surface area (Å²) in [4.78, 5) is 16.7. The molecule has 0 amide bonds. The molecular formula is C11H7FINOS. The van der Waals surface area contributed by atoms with Gasteiger partial charge >= 0.3 is 0 Å². The molecule has 16 heavy (non-hydrogen) atoms. The lowest BCUT2D eigenvalue weighted by molar-refractivity contribution is 0.0993. The summed E-state index contributed by atoms with van der Waals surface area (Å²) >= 11 is 3.42. The van der Waals surface area contributed by atoms with Crippen LogP contribution in [0.1, 0.15) is 15.2 Å². The van der Waals surface area contributed by atoms with Crippen LogP contribution in [0.2, 0.25) is 0 Å². The number of hydrogen-bond donors (Lipinski definition) is 0. The summed E-state index contributed by atoms with van der Waals surface area (Å²) in [6.07, 6.45) is 2.01. The van der Waals surface area contributed by atoms with E-state index in [0.717, 1.165) is 4.88 Å². The fraction of sp³-hybridized carbons (Fsp3) is 0.0909. The first-order chi connectivity index (χ1) is 7.66. The Balaban J connectivity index is 2.21. The van der Waals surface area contributed by atoms with Crippen molar-refractivity contribution in [2.24, 2.45) is 0 Å². The smallest absolute Gasteiger partial charge is 0.169 e. The Bertz CT molecular complexity index is 513. The average molecular weight is 347 g/mol. The van der Waals surface area contributed by atoms with Crippen molar-refractivity contribution in [3.05, 3.63) is 49.7 Å². The first kappa shape index (κ1) is 11.7. The predicted molar refractivity (Wildman–Crippen MR) is 69.3 cm³/mol. The van der Waals surface area contributed by atoms with Crippen molar-refractivity contribution in [3.8, 4) is 0 Å². The zero-order valence-electron chi connectivity index (χ0n) is 8.11. The van der Waals surface area contributed by atoms with Crippen molar-refractivity contribution in [2.75, 3.05) is 0 Å². The van der Waals surface area contributed by atoms with Gasteiger partial charge < -0.3 is 0 Å². The fourth-order valence-corrected chi connectivity index (χ4v) is 2.67. The minimum absolute atomic E-state index is 0.00588. The molecule has 1 aromatic carbocycles. The number of halogens is 2. The lowest BCUT2D eigenvalue weighted by atomic mass is 10.1. The van der Waals surface area contributed by atoms with Crippen LogP contribution in [-0.2, 0) is 6.42 Å². The molecule has 0 spiro atoms. The largest absolute Gasteiger partial charge is 0.294 e. The van der Waals surface area contributed by atoms with Gasteiger partial charge in [-0.2, -0.15) is 0 Å². The Kier molecular flexibility index (Phi) is 3.65. The zero-order chi connectivity index (χ0) is 11.5. The summed E-state index contributed by atoms with van der Waals surface area (Å²) < 4.78 is 13.5. The van der Waals surface area contributed by atoms with Crippen molar-refractivity contribution in [2.45, 2.75) is 6.42 Å². The minimum atomic E-state index is -0.321. The van der Waals surface area contributed by atoms with Gasteiger partial charge in [-0.15, -0.1) is 11.3 Å². The highest BCUT2D eigenvalue weighted by molar-refractivity contribution is 14.1. The number of carbonyl (C=O) groups excluding carboxylic acids is 1. The molecule has 2 aromatic rings. The standard InChI is InChI=1S/C11H7FINOS/c12-7-1-2-9(10(13)3-7)11(15)4-8-5-14-6-16-8/h1-3,5-6H,4H2. The third-order valence-corrected chi connectivity index (χ3v) is 3.72. The Morgan fingerprint density at radius 1 is 1.50 bits per heavy atom. The van der Waals surface area contributed by atoms with Gasteiger partial charge in [0.15, 0.2) is 5.78 Å². The molecular weight excluding hydrogens is 340 g/mol. The van der Waals surface area contributed by atoms with Crippen LogP contribution in [-0.4, -0.2) is 10.8 Å². The van der Waals surface area contributed by atoms with Crippen LogP contribution < -0.4 is 0 Å². The van der Waals surface area contributed by atoms with Crippen molar-refractivity contribution < 1.29 is 9.18 Å². The number of thiazole rings is 1. The topological polar surface area (TPSA) is 30.0 Å². The molecule has 82 valence electrons. The van der Waals surface area contributed by atoms with Crippen molar-refractivity contribution >= 4 is 39.7 Å². The number of ketones is 1. The third-order valence-electron chi connectivity index (χ3n) is 2.05. The van der Waals surface area contributed by atoms with E-state index in [0.29, 0.717) is 15.6 Å². The number of Topliss-reactive ketones (excluding diaryl/α,β-unsaturated/α-hetero) is 1. The van der Waals surface area contributed by atoms with Gasteiger partial charge in [0.25, 0.3) is 0 Å². The number of benzene rings is 1. The molecule has 0 saturated heterocycles. The minimum Gasteiger partial charge on any atom is -0.294 e. The van der Waals surface area contributed by atoms with Gasteiger partial charge in [0.05, 0.1) is 5.51 Å². The van der Waals surface area contributed by atoms with E-state index >= 15 is 0 Å².